The summed E-state index contributed by atoms with van der Waals surface area (Å²) in [7, 11) is 1.63. The van der Waals surface area contributed by atoms with Gasteiger partial charge in [0.2, 0.25) is 11.9 Å². The number of aromatic nitrogens is 2. The Morgan fingerprint density at radius 2 is 1.76 bits per heavy atom. The molecular weight excluding hydrogens is 528 g/mol. The van der Waals surface area contributed by atoms with Crippen molar-refractivity contribution in [1.82, 2.24) is 14.5 Å². The Balaban J connectivity index is 1.42. The molecule has 2 heterocycles. The molecule has 1 aliphatic rings. The van der Waals surface area contributed by atoms with E-state index < -0.39 is 0 Å². The first kappa shape index (κ1) is 29.1. The number of rotatable bonds is 10. The zero-order valence-electron chi connectivity index (χ0n) is 24.7. The number of anilines is 1. The number of imidazole rings is 1. The Hall–Kier alpha value is -4.43. The van der Waals surface area contributed by atoms with E-state index in [0.29, 0.717) is 36.3 Å². The molecule has 8 heteroatoms. The summed E-state index contributed by atoms with van der Waals surface area (Å²) < 4.78 is 13.0. The topological polar surface area (TPSA) is 85.7 Å². The molecule has 42 heavy (non-hydrogen) atoms. The summed E-state index contributed by atoms with van der Waals surface area (Å²) in [6, 6.07) is 23.2. The number of nitrogens with zero attached hydrogens (tertiary/aromatic N) is 3. The van der Waals surface area contributed by atoms with Gasteiger partial charge in [-0.05, 0) is 79.8 Å². The minimum absolute atomic E-state index is 0.0877. The molecule has 0 radical (unpaired) electrons. The Morgan fingerprint density at radius 3 is 2.38 bits per heavy atom. The molecule has 1 atom stereocenters. The van der Waals surface area contributed by atoms with E-state index in [1.165, 1.54) is 5.56 Å². The molecule has 2 amide bonds. The summed E-state index contributed by atoms with van der Waals surface area (Å²) in [6.07, 6.45) is 3.63. The lowest BCUT2D eigenvalue weighted by Gasteiger charge is -2.25. The third kappa shape index (κ3) is 6.89. The number of methoxy groups -OCH3 is 1. The predicted octanol–water partition coefficient (Wildman–Crippen LogP) is 6.24. The van der Waals surface area contributed by atoms with Crippen LogP contribution in [0.2, 0.25) is 0 Å². The highest BCUT2D eigenvalue weighted by Gasteiger charge is 2.26. The number of hydrogen-bond acceptors (Lipinski definition) is 5. The van der Waals surface area contributed by atoms with Crippen molar-refractivity contribution in [2.45, 2.75) is 45.6 Å². The molecule has 0 saturated carbocycles. The molecule has 1 aromatic heterocycles. The van der Waals surface area contributed by atoms with Gasteiger partial charge in [-0.15, -0.1) is 0 Å². The Morgan fingerprint density at radius 1 is 1.05 bits per heavy atom. The molecule has 0 aliphatic carbocycles. The van der Waals surface area contributed by atoms with E-state index in [4.69, 9.17) is 14.5 Å². The summed E-state index contributed by atoms with van der Waals surface area (Å²) >= 11 is 0. The van der Waals surface area contributed by atoms with Crippen LogP contribution in [-0.4, -0.2) is 59.2 Å². The van der Waals surface area contributed by atoms with Crippen molar-refractivity contribution >= 4 is 17.8 Å². The zero-order chi connectivity index (χ0) is 29.6. The molecule has 5 rings (SSSR count). The summed E-state index contributed by atoms with van der Waals surface area (Å²) in [6.45, 7) is 7.18. The van der Waals surface area contributed by atoms with Crippen LogP contribution in [0.5, 0.6) is 5.75 Å². The second-order valence-electron chi connectivity index (χ2n) is 11.0. The third-order valence-corrected chi connectivity index (χ3v) is 7.55. The van der Waals surface area contributed by atoms with Crippen molar-refractivity contribution in [1.29, 1.82) is 0 Å². The fraction of sp³-hybridized carbons (Fsp3) is 0.324. The van der Waals surface area contributed by atoms with Crippen molar-refractivity contribution in [3.8, 4) is 22.7 Å². The number of carbonyl (C=O) groups is 2. The minimum atomic E-state index is -0.333. The van der Waals surface area contributed by atoms with Crippen LogP contribution in [-0.2, 0) is 9.53 Å². The molecule has 1 saturated heterocycles. The quantitative estimate of drug-likeness (QED) is 0.246. The van der Waals surface area contributed by atoms with Crippen LogP contribution >= 0.6 is 0 Å². The van der Waals surface area contributed by atoms with Gasteiger partial charge in [-0.2, -0.15) is 0 Å². The van der Waals surface area contributed by atoms with Crippen LogP contribution in [0.25, 0.3) is 16.9 Å². The van der Waals surface area contributed by atoms with E-state index in [0.717, 1.165) is 35.4 Å². The normalized spacial score (nSPS) is 14.6. The Kier molecular flexibility index (Phi) is 9.03. The van der Waals surface area contributed by atoms with E-state index in [9.17, 15) is 9.59 Å². The molecule has 1 N–H and O–H groups in total. The van der Waals surface area contributed by atoms with Gasteiger partial charge in [0, 0.05) is 36.2 Å². The average Bonchev–Trinajstić information content (AvgIpc) is 3.67. The lowest BCUT2D eigenvalue weighted by atomic mass is 10.0. The van der Waals surface area contributed by atoms with Gasteiger partial charge in [-0.25, -0.2) is 4.98 Å². The van der Waals surface area contributed by atoms with Gasteiger partial charge in [0.1, 0.15) is 12.3 Å². The van der Waals surface area contributed by atoms with Crippen molar-refractivity contribution in [2.24, 2.45) is 0 Å². The number of amides is 2. The zero-order valence-corrected chi connectivity index (χ0v) is 24.7. The highest BCUT2D eigenvalue weighted by Crippen LogP contribution is 2.27. The van der Waals surface area contributed by atoms with E-state index in [1.54, 1.807) is 24.1 Å². The summed E-state index contributed by atoms with van der Waals surface area (Å²) in [4.78, 5) is 33.4. The van der Waals surface area contributed by atoms with Crippen molar-refractivity contribution in [3.05, 3.63) is 95.7 Å². The molecule has 8 nitrogen and oxygen atoms in total. The lowest BCUT2D eigenvalue weighted by Crippen LogP contribution is -2.42. The number of carbonyl (C=O) groups excluding carboxylic acids is 2. The Bertz CT molecular complexity index is 1500. The second-order valence-corrected chi connectivity index (χ2v) is 11.0. The first-order valence-electron chi connectivity index (χ1n) is 14.4. The van der Waals surface area contributed by atoms with Crippen molar-refractivity contribution in [3.63, 3.8) is 0 Å². The molecule has 0 bridgehead atoms. The minimum Gasteiger partial charge on any atom is -0.497 e. The maximum Gasteiger partial charge on any atom is 0.254 e. The average molecular weight is 567 g/mol. The van der Waals surface area contributed by atoms with E-state index in [2.05, 4.69) is 31.3 Å². The van der Waals surface area contributed by atoms with Crippen LogP contribution in [0.3, 0.4) is 0 Å². The number of benzene rings is 3. The molecule has 3 aromatic carbocycles. The maximum atomic E-state index is 13.5. The largest absolute Gasteiger partial charge is 0.497 e. The van der Waals surface area contributed by atoms with Gasteiger partial charge in [-0.3, -0.25) is 19.5 Å². The van der Waals surface area contributed by atoms with Gasteiger partial charge in [0.05, 0.1) is 18.9 Å². The molecule has 0 spiro atoms. The highest BCUT2D eigenvalue weighted by atomic mass is 16.5. The van der Waals surface area contributed by atoms with E-state index in [1.807, 2.05) is 66.2 Å². The van der Waals surface area contributed by atoms with Crippen molar-refractivity contribution in [2.75, 3.05) is 32.1 Å². The standard InChI is InChI=1S/C34H38N4O4/c1-23(2)25-11-15-28(16-12-25)38-21-31(26-13-17-29(41-4)18-14-26)35-34(38)36-32(39)22-37(20-30-6-5-19-42-30)33(40)27-9-7-24(3)8-10-27/h7-18,21,23,30H,5-6,19-20,22H2,1-4H3,(H,35,36,39). The summed E-state index contributed by atoms with van der Waals surface area (Å²) in [5, 5.41) is 2.98. The third-order valence-electron chi connectivity index (χ3n) is 7.55. The predicted molar refractivity (Wildman–Crippen MR) is 164 cm³/mol. The van der Waals surface area contributed by atoms with Crippen LogP contribution < -0.4 is 10.1 Å². The number of aryl methyl sites for hydroxylation is 1. The van der Waals surface area contributed by atoms with Gasteiger partial charge in [0.15, 0.2) is 0 Å². The monoisotopic (exact) mass is 566 g/mol. The van der Waals surface area contributed by atoms with Gasteiger partial charge >= 0.3 is 0 Å². The fourth-order valence-corrected chi connectivity index (χ4v) is 5.06. The Labute approximate surface area is 247 Å². The van der Waals surface area contributed by atoms with Crippen LogP contribution in [0.15, 0.2) is 79.0 Å². The van der Waals surface area contributed by atoms with Crippen LogP contribution in [0.4, 0.5) is 5.95 Å². The smallest absolute Gasteiger partial charge is 0.254 e. The summed E-state index contributed by atoms with van der Waals surface area (Å²) in [5.74, 6) is 0.993. The molecule has 1 unspecified atom stereocenters. The molecule has 4 aromatic rings. The van der Waals surface area contributed by atoms with Gasteiger partial charge < -0.3 is 14.4 Å². The van der Waals surface area contributed by atoms with E-state index >= 15 is 0 Å². The SMILES string of the molecule is COc1ccc(-c2cn(-c3ccc(C(C)C)cc3)c(NC(=O)CN(CC3CCCO3)C(=O)c3ccc(C)cc3)n2)cc1. The van der Waals surface area contributed by atoms with Crippen LogP contribution in [0, 0.1) is 6.92 Å². The fourth-order valence-electron chi connectivity index (χ4n) is 5.06. The lowest BCUT2D eigenvalue weighted by molar-refractivity contribution is -0.117. The first-order chi connectivity index (χ1) is 20.3. The van der Waals surface area contributed by atoms with E-state index in [-0.39, 0.29) is 24.5 Å². The first-order valence-corrected chi connectivity index (χ1v) is 14.4. The number of hydrogen-bond donors (Lipinski definition) is 1. The van der Waals surface area contributed by atoms with Gasteiger partial charge in [-0.1, -0.05) is 43.7 Å². The van der Waals surface area contributed by atoms with Gasteiger partial charge in [0.25, 0.3) is 5.91 Å². The molecular formula is C34H38N4O4. The summed E-state index contributed by atoms with van der Waals surface area (Å²) in [5.41, 5.74) is 5.29. The molecule has 1 aliphatic heterocycles. The maximum absolute atomic E-state index is 13.5. The number of ether oxygens (including phenoxy) is 2. The molecule has 1 fully saturated rings. The molecule has 218 valence electrons. The highest BCUT2D eigenvalue weighted by molar-refractivity contribution is 5.99. The van der Waals surface area contributed by atoms with Crippen LogP contribution in [0.1, 0.15) is 54.1 Å². The van der Waals surface area contributed by atoms with Crippen molar-refractivity contribution < 1.29 is 19.1 Å². The number of nitrogens with one attached hydrogen (secondary N) is 1. The second kappa shape index (κ2) is 13.0.